The Morgan fingerprint density at radius 1 is 1.29 bits per heavy atom. The molecule has 0 aromatic carbocycles. The zero-order valence-electron chi connectivity index (χ0n) is 13.2. The van der Waals surface area contributed by atoms with Crippen molar-refractivity contribution in [2.45, 2.75) is 65.1 Å². The van der Waals surface area contributed by atoms with Crippen molar-refractivity contribution in [1.29, 1.82) is 0 Å². The van der Waals surface area contributed by atoms with E-state index >= 15 is 0 Å². The normalized spacial score (nSPS) is 24.1. The number of aryl methyl sites for hydroxylation is 1. The van der Waals surface area contributed by atoms with Crippen LogP contribution >= 0.6 is 11.3 Å². The number of nitrogens with zero attached hydrogens (tertiary/aromatic N) is 1. The second kappa shape index (κ2) is 6.60. The monoisotopic (exact) mass is 308 g/mol. The Hall–Kier alpha value is -1.36. The molecule has 116 valence electrons. The Morgan fingerprint density at radius 3 is 2.52 bits per heavy atom. The summed E-state index contributed by atoms with van der Waals surface area (Å²) < 4.78 is 0. The van der Waals surface area contributed by atoms with Gasteiger partial charge in [-0.15, -0.1) is 11.3 Å². The van der Waals surface area contributed by atoms with Crippen molar-refractivity contribution < 1.29 is 9.59 Å². The SMILES string of the molecule is CCC1NC(=O)C(CC)N(C(C)Cc2ccc(C)s2)C1=O. The molecule has 1 aliphatic heterocycles. The van der Waals surface area contributed by atoms with Crippen LogP contribution in [0.3, 0.4) is 0 Å². The Balaban J connectivity index is 2.19. The van der Waals surface area contributed by atoms with Crippen molar-refractivity contribution in [3.63, 3.8) is 0 Å². The van der Waals surface area contributed by atoms with Gasteiger partial charge in [0.2, 0.25) is 11.8 Å². The summed E-state index contributed by atoms with van der Waals surface area (Å²) in [7, 11) is 0. The Morgan fingerprint density at radius 2 is 2.00 bits per heavy atom. The van der Waals surface area contributed by atoms with E-state index in [-0.39, 0.29) is 29.9 Å². The molecule has 21 heavy (non-hydrogen) atoms. The van der Waals surface area contributed by atoms with E-state index < -0.39 is 0 Å². The van der Waals surface area contributed by atoms with Crippen molar-refractivity contribution in [2.24, 2.45) is 0 Å². The summed E-state index contributed by atoms with van der Waals surface area (Å²) in [6.07, 6.45) is 2.11. The smallest absolute Gasteiger partial charge is 0.246 e. The molecule has 2 heterocycles. The van der Waals surface area contributed by atoms with E-state index in [2.05, 4.69) is 24.4 Å². The van der Waals surface area contributed by atoms with E-state index in [0.717, 1.165) is 6.42 Å². The van der Waals surface area contributed by atoms with Gasteiger partial charge in [0.1, 0.15) is 12.1 Å². The van der Waals surface area contributed by atoms with Crippen LogP contribution in [0.4, 0.5) is 0 Å². The number of thiophene rings is 1. The molecule has 1 saturated heterocycles. The number of rotatable bonds is 5. The van der Waals surface area contributed by atoms with Gasteiger partial charge in [-0.3, -0.25) is 9.59 Å². The lowest BCUT2D eigenvalue weighted by molar-refractivity contribution is -0.152. The number of piperazine rings is 1. The zero-order valence-corrected chi connectivity index (χ0v) is 14.0. The van der Waals surface area contributed by atoms with E-state index in [1.54, 1.807) is 11.3 Å². The topological polar surface area (TPSA) is 49.4 Å². The second-order valence-electron chi connectivity index (χ2n) is 5.70. The molecular weight excluding hydrogens is 284 g/mol. The summed E-state index contributed by atoms with van der Waals surface area (Å²) >= 11 is 1.76. The molecule has 5 heteroatoms. The van der Waals surface area contributed by atoms with Crippen molar-refractivity contribution in [3.8, 4) is 0 Å². The minimum absolute atomic E-state index is 0.0156. The van der Waals surface area contributed by atoms with Gasteiger partial charge in [0.05, 0.1) is 0 Å². The third kappa shape index (κ3) is 3.28. The van der Waals surface area contributed by atoms with Crippen LogP contribution in [0, 0.1) is 6.92 Å². The van der Waals surface area contributed by atoms with Gasteiger partial charge in [-0.05, 0) is 38.8 Å². The number of hydrogen-bond donors (Lipinski definition) is 1. The lowest BCUT2D eigenvalue weighted by Crippen LogP contribution is -2.65. The summed E-state index contributed by atoms with van der Waals surface area (Å²) in [6, 6.07) is 3.55. The molecule has 0 radical (unpaired) electrons. The molecule has 0 spiro atoms. The average Bonchev–Trinajstić information content (AvgIpc) is 2.85. The maximum Gasteiger partial charge on any atom is 0.246 e. The Bertz CT molecular complexity index is 526. The molecule has 3 unspecified atom stereocenters. The fourth-order valence-electron chi connectivity index (χ4n) is 2.96. The Kier molecular flexibility index (Phi) is 5.04. The molecule has 4 nitrogen and oxygen atoms in total. The van der Waals surface area contributed by atoms with Crippen LogP contribution in [0.15, 0.2) is 12.1 Å². The first-order chi connectivity index (χ1) is 9.97. The third-order valence-electron chi connectivity index (χ3n) is 4.07. The summed E-state index contributed by atoms with van der Waals surface area (Å²) in [4.78, 5) is 29.2. The lowest BCUT2D eigenvalue weighted by Gasteiger charge is -2.42. The van der Waals surface area contributed by atoms with Gasteiger partial charge in [0, 0.05) is 22.2 Å². The zero-order chi connectivity index (χ0) is 15.6. The molecule has 1 aliphatic rings. The first-order valence-corrected chi connectivity index (χ1v) is 8.47. The largest absolute Gasteiger partial charge is 0.343 e. The van der Waals surface area contributed by atoms with Gasteiger partial charge < -0.3 is 10.2 Å². The Labute approximate surface area is 130 Å². The highest BCUT2D eigenvalue weighted by Gasteiger charge is 2.40. The molecule has 0 bridgehead atoms. The van der Waals surface area contributed by atoms with Crippen molar-refractivity contribution in [1.82, 2.24) is 10.2 Å². The fraction of sp³-hybridized carbons (Fsp3) is 0.625. The van der Waals surface area contributed by atoms with Crippen LogP contribution in [-0.4, -0.2) is 34.8 Å². The van der Waals surface area contributed by atoms with Crippen LogP contribution < -0.4 is 5.32 Å². The minimum atomic E-state index is -0.368. The van der Waals surface area contributed by atoms with Crippen molar-refractivity contribution in [2.75, 3.05) is 0 Å². The summed E-state index contributed by atoms with van der Waals surface area (Å²) in [5, 5.41) is 2.84. The van der Waals surface area contributed by atoms with Crippen molar-refractivity contribution in [3.05, 3.63) is 21.9 Å². The molecule has 3 atom stereocenters. The van der Waals surface area contributed by atoms with Gasteiger partial charge in [-0.2, -0.15) is 0 Å². The third-order valence-corrected chi connectivity index (χ3v) is 5.09. The quantitative estimate of drug-likeness (QED) is 0.908. The van der Waals surface area contributed by atoms with Gasteiger partial charge in [0.25, 0.3) is 0 Å². The molecular formula is C16H24N2O2S. The number of hydrogen-bond acceptors (Lipinski definition) is 3. The molecule has 1 fully saturated rings. The predicted octanol–water partition coefficient (Wildman–Crippen LogP) is 2.50. The van der Waals surface area contributed by atoms with Crippen LogP contribution in [-0.2, 0) is 16.0 Å². The highest BCUT2D eigenvalue weighted by atomic mass is 32.1. The highest BCUT2D eigenvalue weighted by Crippen LogP contribution is 2.23. The maximum atomic E-state index is 12.6. The fourth-order valence-corrected chi connectivity index (χ4v) is 3.97. The van der Waals surface area contributed by atoms with E-state index in [1.165, 1.54) is 9.75 Å². The van der Waals surface area contributed by atoms with Crippen molar-refractivity contribution >= 4 is 23.2 Å². The number of amides is 2. The van der Waals surface area contributed by atoms with Gasteiger partial charge >= 0.3 is 0 Å². The molecule has 2 rings (SSSR count). The molecule has 0 saturated carbocycles. The lowest BCUT2D eigenvalue weighted by atomic mass is 9.99. The summed E-state index contributed by atoms with van der Waals surface area (Å²) in [5.41, 5.74) is 0. The maximum absolute atomic E-state index is 12.6. The molecule has 1 N–H and O–H groups in total. The summed E-state index contributed by atoms with van der Waals surface area (Å²) in [6.45, 7) is 8.01. The minimum Gasteiger partial charge on any atom is -0.343 e. The van der Waals surface area contributed by atoms with E-state index in [1.807, 2.05) is 25.7 Å². The molecule has 1 aromatic rings. The van der Waals surface area contributed by atoms with Crippen LogP contribution in [0.1, 0.15) is 43.4 Å². The van der Waals surface area contributed by atoms with E-state index in [4.69, 9.17) is 0 Å². The number of nitrogens with one attached hydrogen (secondary N) is 1. The molecule has 1 aromatic heterocycles. The van der Waals surface area contributed by atoms with E-state index in [0.29, 0.717) is 12.8 Å². The van der Waals surface area contributed by atoms with Crippen LogP contribution in [0.2, 0.25) is 0 Å². The highest BCUT2D eigenvalue weighted by molar-refractivity contribution is 7.11. The summed E-state index contributed by atoms with van der Waals surface area (Å²) in [5.74, 6) is 0.0443. The molecule has 0 aliphatic carbocycles. The van der Waals surface area contributed by atoms with E-state index in [9.17, 15) is 9.59 Å². The van der Waals surface area contributed by atoms with Crippen LogP contribution in [0.25, 0.3) is 0 Å². The first-order valence-electron chi connectivity index (χ1n) is 7.65. The van der Waals surface area contributed by atoms with Crippen LogP contribution in [0.5, 0.6) is 0 Å². The predicted molar refractivity (Wildman–Crippen MR) is 85.4 cm³/mol. The van der Waals surface area contributed by atoms with Gasteiger partial charge in [-0.25, -0.2) is 0 Å². The molecule has 2 amide bonds. The average molecular weight is 308 g/mol. The number of carbonyl (C=O) groups excluding carboxylic acids is 2. The first kappa shape index (κ1) is 16.0. The van der Waals surface area contributed by atoms with Gasteiger partial charge in [0.15, 0.2) is 0 Å². The number of carbonyl (C=O) groups is 2. The standard InChI is InChI=1S/C16H24N2O2S/c1-5-13-16(20)18(14(6-2)15(19)17-13)10(3)9-12-8-7-11(4)21-12/h7-8,10,13-14H,5-6,9H2,1-4H3,(H,17,19). The van der Waals surface area contributed by atoms with Gasteiger partial charge in [-0.1, -0.05) is 13.8 Å². The second-order valence-corrected chi connectivity index (χ2v) is 7.08.